The van der Waals surface area contributed by atoms with Crippen LogP contribution in [0.15, 0.2) is 48.3 Å². The average molecular weight is 292 g/mol. The Morgan fingerprint density at radius 2 is 1.95 bits per heavy atom. The van der Waals surface area contributed by atoms with Gasteiger partial charge >= 0.3 is 0 Å². The van der Waals surface area contributed by atoms with Crippen molar-refractivity contribution in [1.29, 1.82) is 0 Å². The number of rotatable bonds is 1. The summed E-state index contributed by atoms with van der Waals surface area (Å²) < 4.78 is 0. The van der Waals surface area contributed by atoms with E-state index in [-0.39, 0.29) is 0 Å². The van der Waals surface area contributed by atoms with Gasteiger partial charge in [-0.25, -0.2) is 4.98 Å². The molecular weight excluding hydrogens is 280 g/mol. The Morgan fingerprint density at radius 1 is 1.10 bits per heavy atom. The van der Waals surface area contributed by atoms with Crippen LogP contribution in [-0.2, 0) is 0 Å². The van der Waals surface area contributed by atoms with Crippen molar-refractivity contribution in [2.45, 2.75) is 0 Å². The predicted octanol–water partition coefficient (Wildman–Crippen LogP) is 1.77. The Kier molecular flexibility index (Phi) is 2.79. The molecule has 4 rings (SSSR count). The first-order chi connectivity index (χ1) is 10.3. The SMILES string of the molecule is C=c1nccc/c1=C1/NC(c2c[nH]c3ncccc23)=CS1. The molecule has 0 aliphatic carbocycles. The van der Waals surface area contributed by atoms with Crippen molar-refractivity contribution >= 4 is 40.1 Å². The van der Waals surface area contributed by atoms with Crippen LogP contribution in [0, 0.1) is 0 Å². The van der Waals surface area contributed by atoms with Gasteiger partial charge in [0.25, 0.3) is 0 Å². The van der Waals surface area contributed by atoms with E-state index in [1.807, 2.05) is 24.4 Å². The molecule has 0 aromatic carbocycles. The number of hydrogen-bond acceptors (Lipinski definition) is 4. The zero-order chi connectivity index (χ0) is 14.2. The van der Waals surface area contributed by atoms with E-state index in [2.05, 4.69) is 38.3 Å². The third-order valence-corrected chi connectivity index (χ3v) is 4.33. The lowest BCUT2D eigenvalue weighted by atomic mass is 10.2. The summed E-state index contributed by atoms with van der Waals surface area (Å²) in [4.78, 5) is 11.8. The Bertz CT molecular complexity index is 971. The third-order valence-electron chi connectivity index (χ3n) is 3.42. The fraction of sp³-hybridized carbons (Fsp3) is 0. The van der Waals surface area contributed by atoms with Crippen LogP contribution in [0.2, 0.25) is 0 Å². The van der Waals surface area contributed by atoms with E-state index >= 15 is 0 Å². The molecule has 3 aromatic heterocycles. The number of H-pyrrole nitrogens is 1. The topological polar surface area (TPSA) is 53.6 Å². The van der Waals surface area contributed by atoms with E-state index < -0.39 is 0 Å². The molecule has 0 atom stereocenters. The Hall–Kier alpha value is -2.53. The number of thioether (sulfide) groups is 1. The molecule has 102 valence electrons. The van der Waals surface area contributed by atoms with Crippen LogP contribution in [0.3, 0.4) is 0 Å². The lowest BCUT2D eigenvalue weighted by Crippen LogP contribution is -2.30. The highest BCUT2D eigenvalue weighted by Gasteiger charge is 2.16. The van der Waals surface area contributed by atoms with Crippen molar-refractivity contribution in [2.75, 3.05) is 0 Å². The van der Waals surface area contributed by atoms with Gasteiger partial charge in [-0.15, -0.1) is 0 Å². The molecule has 0 spiro atoms. The zero-order valence-corrected chi connectivity index (χ0v) is 11.9. The highest BCUT2D eigenvalue weighted by atomic mass is 32.2. The maximum absolute atomic E-state index is 4.32. The minimum absolute atomic E-state index is 0.780. The summed E-state index contributed by atoms with van der Waals surface area (Å²) in [5, 5.41) is 9.55. The third kappa shape index (κ3) is 2.02. The first-order valence-corrected chi connectivity index (χ1v) is 7.41. The highest BCUT2D eigenvalue weighted by Crippen LogP contribution is 2.32. The maximum atomic E-state index is 4.32. The number of nitrogens with one attached hydrogen (secondary N) is 2. The normalized spacial score (nSPS) is 16.9. The molecule has 0 bridgehead atoms. The maximum Gasteiger partial charge on any atom is 0.137 e. The van der Waals surface area contributed by atoms with Crippen molar-refractivity contribution in [2.24, 2.45) is 0 Å². The van der Waals surface area contributed by atoms with Crippen LogP contribution < -0.4 is 15.9 Å². The largest absolute Gasteiger partial charge is 0.348 e. The second-order valence-electron chi connectivity index (χ2n) is 4.70. The summed E-state index contributed by atoms with van der Waals surface area (Å²) in [6.07, 6.45) is 5.52. The van der Waals surface area contributed by atoms with Crippen molar-refractivity contribution in [3.05, 3.63) is 64.4 Å². The number of nitrogens with zero attached hydrogens (tertiary/aromatic N) is 2. The van der Waals surface area contributed by atoms with Gasteiger partial charge in [0.15, 0.2) is 0 Å². The van der Waals surface area contributed by atoms with E-state index in [4.69, 9.17) is 0 Å². The molecule has 4 heterocycles. The second-order valence-corrected chi connectivity index (χ2v) is 5.58. The van der Waals surface area contributed by atoms with Gasteiger partial charge in [-0.05, 0) is 24.3 Å². The van der Waals surface area contributed by atoms with Crippen molar-refractivity contribution in [3.8, 4) is 0 Å². The van der Waals surface area contributed by atoms with Crippen LogP contribution in [-0.4, -0.2) is 15.0 Å². The number of pyridine rings is 2. The van der Waals surface area contributed by atoms with Gasteiger partial charge in [-0.3, -0.25) is 4.98 Å². The fourth-order valence-electron chi connectivity index (χ4n) is 2.38. The van der Waals surface area contributed by atoms with Gasteiger partial charge in [-0.2, -0.15) is 0 Å². The molecule has 5 heteroatoms. The zero-order valence-electron chi connectivity index (χ0n) is 11.1. The molecule has 1 aliphatic heterocycles. The molecule has 1 aliphatic rings. The summed E-state index contributed by atoms with van der Waals surface area (Å²) in [5.41, 5.74) is 3.08. The quantitative estimate of drug-likeness (QED) is 0.718. The summed E-state index contributed by atoms with van der Waals surface area (Å²) in [5.74, 6) is 0. The van der Waals surface area contributed by atoms with Crippen molar-refractivity contribution in [1.82, 2.24) is 20.3 Å². The van der Waals surface area contributed by atoms with Gasteiger partial charge < -0.3 is 10.3 Å². The molecule has 0 radical (unpaired) electrons. The van der Waals surface area contributed by atoms with E-state index in [9.17, 15) is 0 Å². The molecule has 21 heavy (non-hydrogen) atoms. The van der Waals surface area contributed by atoms with Crippen LogP contribution in [0.1, 0.15) is 5.56 Å². The predicted molar refractivity (Wildman–Crippen MR) is 87.2 cm³/mol. The summed E-state index contributed by atoms with van der Waals surface area (Å²) in [6, 6.07) is 7.96. The lowest BCUT2D eigenvalue weighted by molar-refractivity contribution is 1.20. The van der Waals surface area contributed by atoms with E-state index in [0.29, 0.717) is 0 Å². The average Bonchev–Trinajstić information content (AvgIpc) is 3.14. The first-order valence-electron chi connectivity index (χ1n) is 6.53. The molecule has 0 saturated carbocycles. The van der Waals surface area contributed by atoms with E-state index in [0.717, 1.165) is 37.9 Å². The molecule has 0 amide bonds. The van der Waals surface area contributed by atoms with Gasteiger partial charge in [0.05, 0.1) is 16.1 Å². The number of aromatic nitrogens is 3. The van der Waals surface area contributed by atoms with Gasteiger partial charge in [0.1, 0.15) is 5.65 Å². The molecular formula is C16H12N4S. The van der Waals surface area contributed by atoms with Crippen molar-refractivity contribution < 1.29 is 0 Å². The van der Waals surface area contributed by atoms with Crippen LogP contribution in [0.4, 0.5) is 0 Å². The summed E-state index contributed by atoms with van der Waals surface area (Å²) in [6.45, 7) is 3.98. The standard InChI is InChI=1S/C16H12N4S/c1-10-11(4-2-6-17-10)16-20-14(9-21-16)13-8-19-15-12(13)5-3-7-18-15/h2-9,20H,1H2,(H,18,19)/b16-11+. The lowest BCUT2D eigenvalue weighted by Gasteiger charge is -2.04. The summed E-state index contributed by atoms with van der Waals surface area (Å²) in [7, 11) is 0. The van der Waals surface area contributed by atoms with Crippen LogP contribution >= 0.6 is 11.8 Å². The van der Waals surface area contributed by atoms with Crippen LogP contribution in [0.25, 0.3) is 28.3 Å². The molecule has 0 fully saturated rings. The monoisotopic (exact) mass is 292 g/mol. The number of aromatic amines is 1. The molecule has 4 nitrogen and oxygen atoms in total. The van der Waals surface area contributed by atoms with E-state index in [1.54, 1.807) is 24.2 Å². The van der Waals surface area contributed by atoms with Gasteiger partial charge in [-0.1, -0.05) is 18.3 Å². The smallest absolute Gasteiger partial charge is 0.137 e. The number of fused-ring (bicyclic) bond motifs is 1. The minimum atomic E-state index is 0.780. The molecule has 0 unspecified atom stereocenters. The number of hydrogen-bond donors (Lipinski definition) is 2. The van der Waals surface area contributed by atoms with Gasteiger partial charge in [0, 0.05) is 40.2 Å². The molecule has 2 N–H and O–H groups in total. The Balaban J connectivity index is 1.79. The highest BCUT2D eigenvalue weighted by molar-refractivity contribution is 8.11. The van der Waals surface area contributed by atoms with Crippen LogP contribution in [0.5, 0.6) is 0 Å². The Labute approximate surface area is 125 Å². The first kappa shape index (κ1) is 12.2. The van der Waals surface area contributed by atoms with Crippen molar-refractivity contribution in [3.63, 3.8) is 0 Å². The fourth-order valence-corrected chi connectivity index (χ4v) is 3.29. The summed E-state index contributed by atoms with van der Waals surface area (Å²) >= 11 is 1.65. The minimum Gasteiger partial charge on any atom is -0.348 e. The Morgan fingerprint density at radius 3 is 2.86 bits per heavy atom. The molecule has 0 saturated heterocycles. The second kappa shape index (κ2) is 4.79. The van der Waals surface area contributed by atoms with Gasteiger partial charge in [0.2, 0.25) is 0 Å². The molecule has 3 aromatic rings. The van der Waals surface area contributed by atoms with E-state index in [1.165, 1.54) is 0 Å².